The van der Waals surface area contributed by atoms with Gasteiger partial charge in [-0.15, -0.1) is 11.3 Å². The standard InChI is InChI=1S/C15H21N3OS/c1-10(13-16-14(17-19-13)15(2,3)4)18-7-5-12-11(9-18)6-8-20-12/h6,8,10H,5,7,9H2,1-4H3/t10-/m0/s1. The van der Waals surface area contributed by atoms with Crippen LogP contribution in [0.4, 0.5) is 0 Å². The van der Waals surface area contributed by atoms with Gasteiger partial charge in [0.15, 0.2) is 5.82 Å². The highest BCUT2D eigenvalue weighted by molar-refractivity contribution is 7.10. The Morgan fingerprint density at radius 1 is 1.40 bits per heavy atom. The third kappa shape index (κ3) is 2.52. The zero-order valence-electron chi connectivity index (χ0n) is 12.5. The van der Waals surface area contributed by atoms with Crippen molar-refractivity contribution in [2.45, 2.75) is 52.1 Å². The van der Waals surface area contributed by atoms with Crippen LogP contribution in [0.1, 0.15) is 55.9 Å². The van der Waals surface area contributed by atoms with Gasteiger partial charge in [0.2, 0.25) is 5.89 Å². The fourth-order valence-electron chi connectivity index (χ4n) is 2.47. The van der Waals surface area contributed by atoms with E-state index in [1.54, 1.807) is 0 Å². The van der Waals surface area contributed by atoms with Gasteiger partial charge in [-0.2, -0.15) is 4.98 Å². The van der Waals surface area contributed by atoms with E-state index in [1.165, 1.54) is 10.4 Å². The van der Waals surface area contributed by atoms with Crippen LogP contribution < -0.4 is 0 Å². The highest BCUT2D eigenvalue weighted by Crippen LogP contribution is 2.30. The highest BCUT2D eigenvalue weighted by Gasteiger charge is 2.28. The molecule has 0 fully saturated rings. The third-order valence-corrected chi connectivity index (χ3v) is 4.88. The van der Waals surface area contributed by atoms with Gasteiger partial charge in [-0.05, 0) is 30.4 Å². The lowest BCUT2D eigenvalue weighted by Crippen LogP contribution is -2.32. The van der Waals surface area contributed by atoms with Crippen LogP contribution in [-0.4, -0.2) is 21.6 Å². The summed E-state index contributed by atoms with van der Waals surface area (Å²) in [5, 5.41) is 6.31. The smallest absolute Gasteiger partial charge is 0.243 e. The summed E-state index contributed by atoms with van der Waals surface area (Å²) in [5.41, 5.74) is 1.38. The van der Waals surface area contributed by atoms with Gasteiger partial charge in [-0.25, -0.2) is 0 Å². The quantitative estimate of drug-likeness (QED) is 0.848. The molecule has 0 bridgehead atoms. The van der Waals surface area contributed by atoms with E-state index >= 15 is 0 Å². The average Bonchev–Trinajstić information content (AvgIpc) is 3.05. The van der Waals surface area contributed by atoms with Crippen LogP contribution in [0.2, 0.25) is 0 Å². The molecule has 0 radical (unpaired) electrons. The lowest BCUT2D eigenvalue weighted by atomic mass is 9.96. The van der Waals surface area contributed by atoms with Crippen molar-refractivity contribution in [2.24, 2.45) is 0 Å². The molecule has 108 valence electrons. The molecule has 1 atom stereocenters. The molecule has 1 aliphatic rings. The van der Waals surface area contributed by atoms with Gasteiger partial charge in [-0.3, -0.25) is 4.90 Å². The molecule has 0 N–H and O–H groups in total. The van der Waals surface area contributed by atoms with Crippen molar-refractivity contribution in [1.29, 1.82) is 0 Å². The van der Waals surface area contributed by atoms with Crippen LogP contribution in [-0.2, 0) is 18.4 Å². The number of nitrogens with zero attached hydrogens (tertiary/aromatic N) is 3. The first-order valence-corrected chi connectivity index (χ1v) is 7.96. The molecule has 4 nitrogen and oxygen atoms in total. The summed E-state index contributed by atoms with van der Waals surface area (Å²) in [6, 6.07) is 2.40. The Hall–Kier alpha value is -1.20. The van der Waals surface area contributed by atoms with Gasteiger partial charge >= 0.3 is 0 Å². The fourth-order valence-corrected chi connectivity index (χ4v) is 3.36. The van der Waals surface area contributed by atoms with E-state index in [4.69, 9.17) is 4.52 Å². The van der Waals surface area contributed by atoms with Gasteiger partial charge in [0.1, 0.15) is 0 Å². The first-order chi connectivity index (χ1) is 9.45. The number of hydrogen-bond donors (Lipinski definition) is 0. The topological polar surface area (TPSA) is 42.2 Å². The van der Waals surface area contributed by atoms with E-state index in [-0.39, 0.29) is 11.5 Å². The van der Waals surface area contributed by atoms with Gasteiger partial charge in [0.05, 0.1) is 6.04 Å². The predicted octanol–water partition coefficient (Wildman–Crippen LogP) is 3.55. The highest BCUT2D eigenvalue weighted by atomic mass is 32.1. The van der Waals surface area contributed by atoms with Gasteiger partial charge in [-0.1, -0.05) is 25.9 Å². The van der Waals surface area contributed by atoms with Crippen LogP contribution in [0.25, 0.3) is 0 Å². The summed E-state index contributed by atoms with van der Waals surface area (Å²) in [4.78, 5) is 8.52. The van der Waals surface area contributed by atoms with E-state index < -0.39 is 0 Å². The first kappa shape index (κ1) is 13.8. The second-order valence-electron chi connectivity index (χ2n) is 6.47. The number of hydrogen-bond acceptors (Lipinski definition) is 5. The summed E-state index contributed by atoms with van der Waals surface area (Å²) in [6.07, 6.45) is 1.12. The monoisotopic (exact) mass is 291 g/mol. The van der Waals surface area contributed by atoms with E-state index in [0.717, 1.165) is 31.2 Å². The Kier molecular flexibility index (Phi) is 3.42. The van der Waals surface area contributed by atoms with Gasteiger partial charge < -0.3 is 4.52 Å². The Morgan fingerprint density at radius 3 is 2.90 bits per heavy atom. The molecule has 20 heavy (non-hydrogen) atoms. The van der Waals surface area contributed by atoms with Gasteiger partial charge in [0.25, 0.3) is 0 Å². The van der Waals surface area contributed by atoms with Crippen molar-refractivity contribution >= 4 is 11.3 Å². The molecule has 1 aliphatic heterocycles. The van der Waals surface area contributed by atoms with Crippen molar-refractivity contribution in [3.63, 3.8) is 0 Å². The summed E-state index contributed by atoms with van der Waals surface area (Å²) in [5.74, 6) is 1.51. The number of aromatic nitrogens is 2. The van der Waals surface area contributed by atoms with Gasteiger partial charge in [0, 0.05) is 23.4 Å². The molecule has 2 aromatic heterocycles. The molecule has 0 aromatic carbocycles. The third-order valence-electron chi connectivity index (χ3n) is 3.85. The number of rotatable bonds is 2. The van der Waals surface area contributed by atoms with Crippen molar-refractivity contribution in [3.05, 3.63) is 33.6 Å². The molecular formula is C15H21N3OS. The van der Waals surface area contributed by atoms with E-state index in [9.17, 15) is 0 Å². The molecule has 2 aromatic rings. The SMILES string of the molecule is C[C@@H](c1nc(C(C)(C)C)no1)N1CCc2sccc2C1. The molecule has 5 heteroatoms. The lowest BCUT2D eigenvalue weighted by Gasteiger charge is -2.30. The molecule has 0 spiro atoms. The molecule has 0 unspecified atom stereocenters. The molecule has 0 aliphatic carbocycles. The van der Waals surface area contributed by atoms with Crippen LogP contribution in [0.5, 0.6) is 0 Å². The van der Waals surface area contributed by atoms with Crippen molar-refractivity contribution in [2.75, 3.05) is 6.54 Å². The first-order valence-electron chi connectivity index (χ1n) is 7.08. The van der Waals surface area contributed by atoms with Crippen LogP contribution >= 0.6 is 11.3 Å². The average molecular weight is 291 g/mol. The Labute approximate surface area is 123 Å². The second-order valence-corrected chi connectivity index (χ2v) is 7.47. The lowest BCUT2D eigenvalue weighted by molar-refractivity contribution is 0.159. The normalized spacial score (nSPS) is 18.0. The Morgan fingerprint density at radius 2 is 2.20 bits per heavy atom. The predicted molar refractivity (Wildman–Crippen MR) is 79.8 cm³/mol. The van der Waals surface area contributed by atoms with E-state index in [1.807, 2.05) is 11.3 Å². The molecule has 0 amide bonds. The molecule has 3 rings (SSSR count). The summed E-state index contributed by atoms with van der Waals surface area (Å²) >= 11 is 1.86. The molecule has 0 saturated heterocycles. The van der Waals surface area contributed by atoms with E-state index in [0.29, 0.717) is 0 Å². The molecular weight excluding hydrogens is 270 g/mol. The minimum absolute atomic E-state index is 0.0656. The zero-order valence-corrected chi connectivity index (χ0v) is 13.3. The molecule has 0 saturated carbocycles. The zero-order chi connectivity index (χ0) is 14.3. The summed E-state index contributed by atoms with van der Waals surface area (Å²) in [7, 11) is 0. The summed E-state index contributed by atoms with van der Waals surface area (Å²) in [6.45, 7) is 10.5. The minimum atomic E-state index is -0.0656. The maximum Gasteiger partial charge on any atom is 0.243 e. The van der Waals surface area contributed by atoms with E-state index in [2.05, 4.69) is 54.2 Å². The summed E-state index contributed by atoms with van der Waals surface area (Å²) < 4.78 is 5.48. The second kappa shape index (κ2) is 4.97. The van der Waals surface area contributed by atoms with Crippen LogP contribution in [0.3, 0.4) is 0 Å². The van der Waals surface area contributed by atoms with Crippen molar-refractivity contribution in [1.82, 2.24) is 15.0 Å². The maximum atomic E-state index is 5.48. The number of fused-ring (bicyclic) bond motifs is 1. The Bertz CT molecular complexity index is 596. The minimum Gasteiger partial charge on any atom is -0.338 e. The van der Waals surface area contributed by atoms with Crippen molar-refractivity contribution < 1.29 is 4.52 Å². The maximum absolute atomic E-state index is 5.48. The fraction of sp³-hybridized carbons (Fsp3) is 0.600. The Balaban J connectivity index is 1.77. The van der Waals surface area contributed by atoms with Crippen LogP contribution in [0, 0.1) is 0 Å². The number of thiophene rings is 1. The van der Waals surface area contributed by atoms with Crippen molar-refractivity contribution in [3.8, 4) is 0 Å². The van der Waals surface area contributed by atoms with Crippen LogP contribution in [0.15, 0.2) is 16.0 Å². The largest absolute Gasteiger partial charge is 0.338 e. The molecule has 3 heterocycles.